The molecule has 9 heteroatoms. The predicted octanol–water partition coefficient (Wildman–Crippen LogP) is 2.99. The average Bonchev–Trinajstić information content (AvgIpc) is 3.18. The number of H-pyrrole nitrogens is 1. The highest BCUT2D eigenvalue weighted by atomic mass is 32.2. The molecule has 1 amide bonds. The number of hydrogen-bond acceptors (Lipinski definition) is 5. The van der Waals surface area contributed by atoms with Crippen LogP contribution in [-0.4, -0.2) is 31.0 Å². The number of rotatable bonds is 7. The zero-order valence-electron chi connectivity index (χ0n) is 16.5. The highest BCUT2D eigenvalue weighted by Crippen LogP contribution is 2.30. The van der Waals surface area contributed by atoms with E-state index in [1.54, 1.807) is 0 Å². The summed E-state index contributed by atoms with van der Waals surface area (Å²) in [5, 5.41) is 19.4. The molecule has 0 atom stereocenters. The number of aromatic amines is 1. The number of nitrogens with one attached hydrogen (secondary N) is 2. The van der Waals surface area contributed by atoms with Crippen molar-refractivity contribution in [3.05, 3.63) is 57.6 Å². The van der Waals surface area contributed by atoms with Crippen molar-refractivity contribution in [1.29, 1.82) is 5.26 Å². The topological polar surface area (TPSA) is 108 Å². The van der Waals surface area contributed by atoms with Gasteiger partial charge in [0.2, 0.25) is 5.91 Å². The van der Waals surface area contributed by atoms with Crippen LogP contribution in [0, 0.1) is 25.2 Å². The van der Waals surface area contributed by atoms with Crippen molar-refractivity contribution in [2.24, 2.45) is 0 Å². The van der Waals surface area contributed by atoms with Crippen LogP contribution in [0.2, 0.25) is 0 Å². The lowest BCUT2D eigenvalue weighted by atomic mass is 10.2. The van der Waals surface area contributed by atoms with Crippen LogP contribution >= 0.6 is 11.8 Å². The zero-order chi connectivity index (χ0) is 21.0. The Kier molecular flexibility index (Phi) is 6.24. The lowest BCUT2D eigenvalue weighted by molar-refractivity contribution is -0.113. The Morgan fingerprint density at radius 1 is 1.31 bits per heavy atom. The van der Waals surface area contributed by atoms with E-state index in [9.17, 15) is 14.9 Å². The van der Waals surface area contributed by atoms with Crippen molar-refractivity contribution < 1.29 is 4.79 Å². The van der Waals surface area contributed by atoms with E-state index in [1.165, 1.54) is 16.3 Å². The van der Waals surface area contributed by atoms with Crippen molar-refractivity contribution in [3.63, 3.8) is 0 Å². The molecule has 0 aliphatic carbocycles. The molecule has 0 bridgehead atoms. The van der Waals surface area contributed by atoms with Gasteiger partial charge in [-0.2, -0.15) is 5.26 Å². The highest BCUT2D eigenvalue weighted by Gasteiger charge is 2.21. The molecule has 29 heavy (non-hydrogen) atoms. The highest BCUT2D eigenvalue weighted by molar-refractivity contribution is 7.99. The summed E-state index contributed by atoms with van der Waals surface area (Å²) in [5.74, 6) is 0.240. The second-order valence-corrected chi connectivity index (χ2v) is 7.46. The molecule has 3 rings (SSSR count). The van der Waals surface area contributed by atoms with E-state index in [0.717, 1.165) is 23.4 Å². The Hall–Kier alpha value is -3.25. The fourth-order valence-corrected chi connectivity index (χ4v) is 3.87. The minimum atomic E-state index is -0.286. The molecule has 1 aromatic carbocycles. The lowest BCUT2D eigenvalue weighted by Gasteiger charge is -2.13. The van der Waals surface area contributed by atoms with Crippen LogP contribution in [0.15, 0.2) is 40.3 Å². The van der Waals surface area contributed by atoms with Crippen molar-refractivity contribution >= 4 is 23.5 Å². The molecule has 0 radical (unpaired) electrons. The SMILES string of the molecule is CCCn1c(SCC(=O)Nc2c(C#N)c(C)c(C)n2-c2ccccc2)n[nH]c1=O. The average molecular weight is 411 g/mol. The standard InChI is InChI=1S/C20H22N6O2S/c1-4-10-25-19(28)23-24-20(25)29-12-17(27)22-18-16(11-21)13(2)14(3)26(18)15-8-6-5-7-9-15/h5-9H,4,10,12H2,1-3H3,(H,22,27)(H,23,28). The molecule has 0 saturated heterocycles. The van der Waals surface area contributed by atoms with E-state index in [-0.39, 0.29) is 17.3 Å². The van der Waals surface area contributed by atoms with Crippen molar-refractivity contribution in [1.82, 2.24) is 19.3 Å². The lowest BCUT2D eigenvalue weighted by Crippen LogP contribution is -2.20. The molecular formula is C20H22N6O2S. The van der Waals surface area contributed by atoms with Gasteiger partial charge in [0.15, 0.2) is 5.16 Å². The summed E-state index contributed by atoms with van der Waals surface area (Å²) in [6.07, 6.45) is 0.786. The first-order chi connectivity index (χ1) is 14.0. The number of nitrogens with zero attached hydrogens (tertiary/aromatic N) is 4. The maximum absolute atomic E-state index is 12.7. The van der Waals surface area contributed by atoms with Gasteiger partial charge in [0, 0.05) is 17.9 Å². The Balaban J connectivity index is 1.85. The Bertz CT molecular complexity index is 1120. The summed E-state index contributed by atoms with van der Waals surface area (Å²) in [6.45, 7) is 6.28. The number of anilines is 1. The third-order valence-electron chi connectivity index (χ3n) is 4.60. The molecule has 3 aromatic rings. The van der Waals surface area contributed by atoms with E-state index in [1.807, 2.05) is 55.7 Å². The maximum atomic E-state index is 12.7. The molecule has 2 N–H and O–H groups in total. The summed E-state index contributed by atoms with van der Waals surface area (Å²) in [4.78, 5) is 24.4. The van der Waals surface area contributed by atoms with E-state index < -0.39 is 0 Å². The molecule has 0 spiro atoms. The molecule has 0 fully saturated rings. The molecule has 0 aliphatic heterocycles. The monoisotopic (exact) mass is 410 g/mol. The van der Waals surface area contributed by atoms with Crippen LogP contribution in [0.5, 0.6) is 0 Å². The summed E-state index contributed by atoms with van der Waals surface area (Å²) in [7, 11) is 0. The number of nitriles is 1. The smallest absolute Gasteiger partial charge is 0.310 e. The summed E-state index contributed by atoms with van der Waals surface area (Å²) in [5.41, 5.74) is 2.72. The van der Waals surface area contributed by atoms with Gasteiger partial charge in [-0.25, -0.2) is 9.89 Å². The minimum absolute atomic E-state index is 0.0664. The van der Waals surface area contributed by atoms with Crippen molar-refractivity contribution in [2.75, 3.05) is 11.1 Å². The van der Waals surface area contributed by atoms with Crippen molar-refractivity contribution in [2.45, 2.75) is 38.9 Å². The van der Waals surface area contributed by atoms with Gasteiger partial charge in [0.25, 0.3) is 0 Å². The number of thioether (sulfide) groups is 1. The van der Waals surface area contributed by atoms with Crippen LogP contribution in [0.4, 0.5) is 5.82 Å². The molecule has 0 saturated carbocycles. The summed E-state index contributed by atoms with van der Waals surface area (Å²) < 4.78 is 3.39. The summed E-state index contributed by atoms with van der Waals surface area (Å²) in [6, 6.07) is 11.8. The minimum Gasteiger partial charge on any atom is -0.310 e. The second-order valence-electron chi connectivity index (χ2n) is 6.52. The molecule has 0 aliphatic rings. The maximum Gasteiger partial charge on any atom is 0.343 e. The van der Waals surface area contributed by atoms with Gasteiger partial charge < -0.3 is 5.32 Å². The van der Waals surface area contributed by atoms with Gasteiger partial charge in [0.05, 0.1) is 11.3 Å². The van der Waals surface area contributed by atoms with Crippen LogP contribution in [0.25, 0.3) is 5.69 Å². The molecule has 150 valence electrons. The molecule has 0 unspecified atom stereocenters. The quantitative estimate of drug-likeness (QED) is 0.582. The third kappa shape index (κ3) is 4.12. The number of aromatic nitrogens is 4. The van der Waals surface area contributed by atoms with Gasteiger partial charge in [-0.1, -0.05) is 36.9 Å². The molecular weight excluding hydrogens is 388 g/mol. The zero-order valence-corrected chi connectivity index (χ0v) is 17.3. The van der Waals surface area contributed by atoms with Gasteiger partial charge >= 0.3 is 5.69 Å². The summed E-state index contributed by atoms with van der Waals surface area (Å²) >= 11 is 1.18. The van der Waals surface area contributed by atoms with E-state index >= 15 is 0 Å². The molecule has 2 heterocycles. The third-order valence-corrected chi connectivity index (χ3v) is 5.58. The van der Waals surface area contributed by atoms with Crippen LogP contribution in [0.3, 0.4) is 0 Å². The van der Waals surface area contributed by atoms with Crippen molar-refractivity contribution in [3.8, 4) is 11.8 Å². The van der Waals surface area contributed by atoms with Gasteiger partial charge in [0.1, 0.15) is 11.9 Å². The number of para-hydroxylation sites is 1. The Labute approximate surface area is 172 Å². The fraction of sp³-hybridized carbons (Fsp3) is 0.300. The van der Waals surface area contributed by atoms with Gasteiger partial charge in [-0.3, -0.25) is 13.9 Å². The normalized spacial score (nSPS) is 10.7. The van der Waals surface area contributed by atoms with E-state index in [4.69, 9.17) is 0 Å². The first-order valence-corrected chi connectivity index (χ1v) is 10.2. The predicted molar refractivity (Wildman–Crippen MR) is 112 cm³/mol. The first-order valence-electron chi connectivity index (χ1n) is 9.23. The number of carbonyl (C=O) groups excluding carboxylic acids is 1. The van der Waals surface area contributed by atoms with E-state index in [2.05, 4.69) is 21.6 Å². The fourth-order valence-electron chi connectivity index (χ4n) is 3.09. The molecule has 2 aromatic heterocycles. The van der Waals surface area contributed by atoms with Crippen LogP contribution in [-0.2, 0) is 11.3 Å². The number of amides is 1. The van der Waals surface area contributed by atoms with Gasteiger partial charge in [-0.05, 0) is 38.0 Å². The van der Waals surface area contributed by atoms with Crippen LogP contribution in [0.1, 0.15) is 30.2 Å². The largest absolute Gasteiger partial charge is 0.343 e. The van der Waals surface area contributed by atoms with Crippen LogP contribution < -0.4 is 11.0 Å². The van der Waals surface area contributed by atoms with E-state index in [0.29, 0.717) is 23.1 Å². The Morgan fingerprint density at radius 2 is 2.03 bits per heavy atom. The first kappa shape index (κ1) is 20.5. The number of carbonyl (C=O) groups is 1. The second kappa shape index (κ2) is 8.84. The number of benzene rings is 1. The Morgan fingerprint density at radius 3 is 2.69 bits per heavy atom. The number of hydrogen-bond donors (Lipinski definition) is 2. The van der Waals surface area contributed by atoms with Gasteiger partial charge in [-0.15, -0.1) is 5.10 Å². The molecule has 8 nitrogen and oxygen atoms in total.